The highest BCUT2D eigenvalue weighted by molar-refractivity contribution is 8.76. The van der Waals surface area contributed by atoms with Crippen molar-refractivity contribution in [3.8, 4) is 0 Å². The van der Waals surface area contributed by atoms with Crippen LogP contribution in [0.3, 0.4) is 0 Å². The summed E-state index contributed by atoms with van der Waals surface area (Å²) < 4.78 is 0. The maximum absolute atomic E-state index is 12.0. The summed E-state index contributed by atoms with van der Waals surface area (Å²) in [5, 5.41) is 5.91. The van der Waals surface area contributed by atoms with Gasteiger partial charge in [-0.1, -0.05) is 107 Å². The molecule has 224 valence electrons. The molecule has 2 amide bonds. The Hall–Kier alpha value is -2.77. The molecule has 5 nitrogen and oxygen atoms in total. The normalized spacial score (nSPS) is 12.2. The van der Waals surface area contributed by atoms with E-state index < -0.39 is 0 Å². The van der Waals surface area contributed by atoms with Crippen molar-refractivity contribution in [3.05, 3.63) is 96.4 Å². The summed E-state index contributed by atoms with van der Waals surface area (Å²) in [6.45, 7) is 5.41. The lowest BCUT2D eigenvalue weighted by Gasteiger charge is -2.05. The third-order valence-corrected chi connectivity index (χ3v) is 7.99. The zero-order valence-corrected chi connectivity index (χ0v) is 26.6. The van der Waals surface area contributed by atoms with Crippen molar-refractivity contribution in [3.63, 3.8) is 0 Å². The maximum Gasteiger partial charge on any atom is 0.223 e. The van der Waals surface area contributed by atoms with Crippen LogP contribution in [0.4, 0.5) is 0 Å². The van der Waals surface area contributed by atoms with Gasteiger partial charge in [0.25, 0.3) is 0 Å². The molecule has 1 aromatic heterocycles. The lowest BCUT2D eigenvalue weighted by molar-refractivity contribution is -0.121. The molecule has 0 aliphatic rings. The first-order valence-electron chi connectivity index (χ1n) is 14.7. The summed E-state index contributed by atoms with van der Waals surface area (Å²) >= 11 is 0. The molecule has 1 aromatic rings. The van der Waals surface area contributed by atoms with Gasteiger partial charge in [0.05, 0.1) is 0 Å². The van der Waals surface area contributed by atoms with E-state index in [1.54, 1.807) is 27.8 Å². The zero-order chi connectivity index (χ0) is 29.6. The van der Waals surface area contributed by atoms with E-state index in [0.717, 1.165) is 67.7 Å². The highest BCUT2D eigenvalue weighted by Crippen LogP contribution is 2.19. The van der Waals surface area contributed by atoms with E-state index in [-0.39, 0.29) is 11.8 Å². The molecule has 0 saturated carbocycles. The summed E-state index contributed by atoms with van der Waals surface area (Å²) in [5.41, 5.74) is 1.97. The van der Waals surface area contributed by atoms with E-state index >= 15 is 0 Å². The predicted octanol–water partition coefficient (Wildman–Crippen LogP) is 8.33. The van der Waals surface area contributed by atoms with Crippen molar-refractivity contribution < 1.29 is 9.59 Å². The minimum absolute atomic E-state index is 0.0174. The first-order chi connectivity index (χ1) is 20.1. The Labute approximate surface area is 256 Å². The second-order valence-electron chi connectivity index (χ2n) is 9.28. The first kappa shape index (κ1) is 36.3. The molecule has 1 rings (SSSR count). The van der Waals surface area contributed by atoms with Crippen LogP contribution >= 0.6 is 21.6 Å². The Balaban J connectivity index is 1.89. The third kappa shape index (κ3) is 24.7. The van der Waals surface area contributed by atoms with Gasteiger partial charge in [0.15, 0.2) is 0 Å². The minimum Gasteiger partial charge on any atom is -0.355 e. The number of amides is 2. The molecule has 0 bridgehead atoms. The van der Waals surface area contributed by atoms with E-state index in [1.807, 2.05) is 31.2 Å². The fraction of sp³-hybridized carbons (Fsp3) is 0.441. The standard InChI is InChI=1S/C34H49N3O2S2/c1-3-4-5-6-7-8-9-10-11-12-13-14-15-16-17-18-19-22-33(38)35-26-28-40-41-29-27-36-34(39)23-20-21-32-25-24-31(2)37-30-32/h4-5,7-8,10-11,13-14,16-17,20-21,24-25,30H,3,6,9,12,15,18-19,22-23,26-29H2,1-2H3,(H,35,38)(H,36,39)/b5-4?,8-7?,11-10?,14-13?,17-16?,21-20+. The molecule has 0 spiro atoms. The summed E-state index contributed by atoms with van der Waals surface area (Å²) in [6, 6.07) is 3.94. The van der Waals surface area contributed by atoms with Crippen molar-refractivity contribution in [2.24, 2.45) is 0 Å². The van der Waals surface area contributed by atoms with Gasteiger partial charge in [0.1, 0.15) is 0 Å². The Kier molecular flexibility index (Phi) is 24.2. The molecule has 0 aliphatic heterocycles. The monoisotopic (exact) mass is 595 g/mol. The van der Waals surface area contributed by atoms with Gasteiger partial charge in [-0.05, 0) is 63.5 Å². The van der Waals surface area contributed by atoms with Gasteiger partial charge >= 0.3 is 0 Å². The number of nitrogens with one attached hydrogen (secondary N) is 2. The van der Waals surface area contributed by atoms with E-state index in [1.165, 1.54) is 0 Å². The number of rotatable bonds is 23. The van der Waals surface area contributed by atoms with E-state index in [2.05, 4.69) is 83.3 Å². The fourth-order valence-corrected chi connectivity index (χ4v) is 5.19. The average molecular weight is 596 g/mol. The lowest BCUT2D eigenvalue weighted by atomic mass is 10.2. The van der Waals surface area contributed by atoms with Crippen LogP contribution in [0.1, 0.15) is 76.0 Å². The van der Waals surface area contributed by atoms with Crippen molar-refractivity contribution in [1.82, 2.24) is 15.6 Å². The molecule has 2 N–H and O–H groups in total. The van der Waals surface area contributed by atoms with Crippen molar-refractivity contribution >= 4 is 39.5 Å². The number of carbonyl (C=O) groups excluding carboxylic acids is 2. The molecule has 41 heavy (non-hydrogen) atoms. The molecule has 0 saturated heterocycles. The zero-order valence-electron chi connectivity index (χ0n) is 24.9. The van der Waals surface area contributed by atoms with Crippen molar-refractivity contribution in [2.45, 2.75) is 71.6 Å². The minimum atomic E-state index is 0.0174. The highest BCUT2D eigenvalue weighted by Gasteiger charge is 2.01. The molecule has 0 fully saturated rings. The fourth-order valence-electron chi connectivity index (χ4n) is 3.37. The van der Waals surface area contributed by atoms with Crippen LogP contribution in [0.25, 0.3) is 6.08 Å². The molecule has 7 heteroatoms. The van der Waals surface area contributed by atoms with Gasteiger partial charge in [0.2, 0.25) is 11.8 Å². The highest BCUT2D eigenvalue weighted by atomic mass is 33.1. The number of hydrogen-bond donors (Lipinski definition) is 2. The summed E-state index contributed by atoms with van der Waals surface area (Å²) in [4.78, 5) is 28.1. The number of allylic oxidation sites excluding steroid dienone is 10. The van der Waals surface area contributed by atoms with Gasteiger partial charge in [-0.3, -0.25) is 14.6 Å². The molecule has 0 radical (unpaired) electrons. The van der Waals surface area contributed by atoms with E-state index in [0.29, 0.717) is 25.9 Å². The number of aryl methyl sites for hydroxylation is 1. The van der Waals surface area contributed by atoms with Crippen LogP contribution in [0, 0.1) is 6.92 Å². The molecule has 1 heterocycles. The lowest BCUT2D eigenvalue weighted by Crippen LogP contribution is -2.25. The van der Waals surface area contributed by atoms with E-state index in [9.17, 15) is 9.59 Å². The maximum atomic E-state index is 12.0. The van der Waals surface area contributed by atoms with Gasteiger partial charge in [-0.15, -0.1) is 0 Å². The number of pyridine rings is 1. The first-order valence-corrected chi connectivity index (χ1v) is 17.2. The Bertz CT molecular complexity index is 996. The number of aromatic nitrogens is 1. The Morgan fingerprint density at radius 3 is 1.88 bits per heavy atom. The average Bonchev–Trinajstić information content (AvgIpc) is 2.97. The molecule has 0 atom stereocenters. The van der Waals surface area contributed by atoms with Crippen LogP contribution in [-0.4, -0.2) is 41.4 Å². The molecule has 0 unspecified atom stereocenters. The summed E-state index contributed by atoms with van der Waals surface area (Å²) in [7, 11) is 3.43. The number of carbonyl (C=O) groups is 2. The topological polar surface area (TPSA) is 71.1 Å². The largest absolute Gasteiger partial charge is 0.355 e. The number of hydrogen-bond acceptors (Lipinski definition) is 5. The third-order valence-electron chi connectivity index (χ3n) is 5.58. The van der Waals surface area contributed by atoms with Gasteiger partial charge in [-0.2, -0.15) is 0 Å². The van der Waals surface area contributed by atoms with Crippen LogP contribution in [0.5, 0.6) is 0 Å². The summed E-state index contributed by atoms with van der Waals surface area (Å²) in [6.07, 6.45) is 35.2. The van der Waals surface area contributed by atoms with Crippen LogP contribution < -0.4 is 10.6 Å². The SMILES string of the molecule is CCC=CCC=CCC=CCC=CCC=CCCCC(=O)NCCSSCCNC(=O)C/C=C/c1ccc(C)nc1. The van der Waals surface area contributed by atoms with Crippen molar-refractivity contribution in [1.29, 1.82) is 0 Å². The smallest absolute Gasteiger partial charge is 0.223 e. The number of unbranched alkanes of at least 4 members (excludes halogenated alkanes) is 1. The molecule has 0 aliphatic carbocycles. The molecular formula is C34H49N3O2S2. The van der Waals surface area contributed by atoms with Gasteiger partial charge < -0.3 is 10.6 Å². The van der Waals surface area contributed by atoms with Gasteiger partial charge in [0, 0.05) is 49.3 Å². The van der Waals surface area contributed by atoms with E-state index in [4.69, 9.17) is 0 Å². The van der Waals surface area contributed by atoms with Crippen LogP contribution in [0.15, 0.2) is 85.2 Å². The number of nitrogens with zero attached hydrogens (tertiary/aromatic N) is 1. The Morgan fingerprint density at radius 2 is 1.32 bits per heavy atom. The Morgan fingerprint density at radius 1 is 0.756 bits per heavy atom. The molecular weight excluding hydrogens is 547 g/mol. The van der Waals surface area contributed by atoms with Crippen LogP contribution in [-0.2, 0) is 9.59 Å². The predicted molar refractivity (Wildman–Crippen MR) is 182 cm³/mol. The molecule has 0 aromatic carbocycles. The second kappa shape index (κ2) is 27.4. The summed E-state index contributed by atoms with van der Waals surface area (Å²) in [5.74, 6) is 1.82. The van der Waals surface area contributed by atoms with Crippen molar-refractivity contribution in [2.75, 3.05) is 24.6 Å². The quantitative estimate of drug-likeness (QED) is 0.0756. The van der Waals surface area contributed by atoms with Gasteiger partial charge in [-0.25, -0.2) is 0 Å². The van der Waals surface area contributed by atoms with Crippen LogP contribution in [0.2, 0.25) is 0 Å². The second-order valence-corrected chi connectivity index (χ2v) is 12.0.